The maximum atomic E-state index is 13.0. The average molecular weight is 469 g/mol. The second-order valence-corrected chi connectivity index (χ2v) is 11.1. The van der Waals surface area contributed by atoms with E-state index in [9.17, 15) is 18.0 Å². The molecule has 32 heavy (non-hydrogen) atoms. The highest BCUT2D eigenvalue weighted by molar-refractivity contribution is 7.89. The molecular weight excluding hydrogens is 432 g/mol. The number of hydrogen-bond acceptors (Lipinski definition) is 6. The first-order valence-corrected chi connectivity index (χ1v) is 12.2. The van der Waals surface area contributed by atoms with E-state index in [2.05, 4.69) is 28.8 Å². The number of rotatable bonds is 9. The summed E-state index contributed by atoms with van der Waals surface area (Å²) in [5.74, 6) is -0.198. The Morgan fingerprint density at radius 1 is 1.22 bits per heavy atom. The van der Waals surface area contributed by atoms with E-state index in [0.29, 0.717) is 32.5 Å². The molecule has 10 heteroatoms. The normalized spacial score (nSPS) is 15.7. The van der Waals surface area contributed by atoms with Crippen LogP contribution in [0.4, 0.5) is 0 Å². The van der Waals surface area contributed by atoms with Gasteiger partial charge in [-0.2, -0.15) is 0 Å². The van der Waals surface area contributed by atoms with Crippen LogP contribution in [-0.2, 0) is 14.8 Å². The summed E-state index contributed by atoms with van der Waals surface area (Å²) in [5.41, 5.74) is 0.239. The van der Waals surface area contributed by atoms with Gasteiger partial charge in [-0.15, -0.1) is 0 Å². The van der Waals surface area contributed by atoms with Crippen molar-refractivity contribution < 1.29 is 22.7 Å². The molecule has 1 aromatic rings. The Kier molecular flexibility index (Phi) is 8.67. The summed E-state index contributed by atoms with van der Waals surface area (Å²) in [6, 6.07) is 4.37. The van der Waals surface area contributed by atoms with E-state index in [1.165, 1.54) is 26.3 Å². The molecule has 0 aromatic heterocycles. The second kappa shape index (κ2) is 10.6. The fourth-order valence-electron chi connectivity index (χ4n) is 4.04. The molecule has 1 fully saturated rings. The Morgan fingerprint density at radius 3 is 2.38 bits per heavy atom. The molecule has 2 rings (SSSR count). The Hall–Kier alpha value is -2.17. The first-order valence-electron chi connectivity index (χ1n) is 10.7. The number of likely N-dealkylation sites (tertiary alicyclic amines) is 1. The number of amides is 2. The van der Waals surface area contributed by atoms with Crippen LogP contribution in [0.2, 0.25) is 0 Å². The quantitative estimate of drug-likeness (QED) is 0.563. The highest BCUT2D eigenvalue weighted by atomic mass is 32.2. The van der Waals surface area contributed by atoms with E-state index < -0.39 is 10.0 Å². The Morgan fingerprint density at radius 2 is 1.84 bits per heavy atom. The highest BCUT2D eigenvalue weighted by Gasteiger charge is 2.30. The van der Waals surface area contributed by atoms with Gasteiger partial charge >= 0.3 is 0 Å². The zero-order valence-electron chi connectivity index (χ0n) is 19.9. The summed E-state index contributed by atoms with van der Waals surface area (Å²) in [5, 5.41) is 3.06. The lowest BCUT2D eigenvalue weighted by Gasteiger charge is -2.33. The van der Waals surface area contributed by atoms with Crippen LogP contribution in [0.1, 0.15) is 37.0 Å². The van der Waals surface area contributed by atoms with Crippen LogP contribution in [0.15, 0.2) is 23.1 Å². The van der Waals surface area contributed by atoms with Gasteiger partial charge in [0.05, 0.1) is 7.11 Å². The molecule has 180 valence electrons. The van der Waals surface area contributed by atoms with E-state index >= 15 is 0 Å². The van der Waals surface area contributed by atoms with Crippen LogP contribution in [0.5, 0.6) is 5.75 Å². The molecule has 2 N–H and O–H groups in total. The summed E-state index contributed by atoms with van der Waals surface area (Å²) >= 11 is 0. The summed E-state index contributed by atoms with van der Waals surface area (Å²) in [6.07, 6.45) is 1.15. The fourth-order valence-corrected chi connectivity index (χ4v) is 4.96. The van der Waals surface area contributed by atoms with Crippen molar-refractivity contribution in [1.82, 2.24) is 19.8 Å². The number of benzene rings is 1. The van der Waals surface area contributed by atoms with Crippen LogP contribution >= 0.6 is 0 Å². The molecule has 2 amide bonds. The van der Waals surface area contributed by atoms with E-state index in [1.807, 2.05) is 14.1 Å². The van der Waals surface area contributed by atoms with Crippen LogP contribution in [0.25, 0.3) is 0 Å². The van der Waals surface area contributed by atoms with Crippen molar-refractivity contribution in [2.24, 2.45) is 11.3 Å². The van der Waals surface area contributed by atoms with Gasteiger partial charge in [0.2, 0.25) is 15.9 Å². The van der Waals surface area contributed by atoms with Crippen molar-refractivity contribution in [1.29, 1.82) is 0 Å². The summed E-state index contributed by atoms with van der Waals surface area (Å²) in [6.45, 7) is 6.58. The first kappa shape index (κ1) is 26.1. The standard InChI is InChI=1S/C22H36N4O5S/c1-22(2,15-25(4)5)14-24-20(27)16-9-11-26(12-10-16)21(28)17-7-8-18(31-6)19(13-17)32(29,30)23-3/h7-8,13,16,23H,9-12,14-15H2,1-6H3,(H,24,27). The zero-order chi connectivity index (χ0) is 24.1. The Balaban J connectivity index is 1.99. The van der Waals surface area contributed by atoms with Gasteiger partial charge in [-0.3, -0.25) is 9.59 Å². The first-order chi connectivity index (χ1) is 14.9. The number of carbonyl (C=O) groups is 2. The van der Waals surface area contributed by atoms with E-state index in [1.54, 1.807) is 11.0 Å². The molecule has 0 unspecified atom stereocenters. The lowest BCUT2D eigenvalue weighted by Crippen LogP contribution is -2.46. The second-order valence-electron chi connectivity index (χ2n) is 9.26. The maximum Gasteiger partial charge on any atom is 0.253 e. The topological polar surface area (TPSA) is 108 Å². The predicted octanol–water partition coefficient (Wildman–Crippen LogP) is 1.16. The third kappa shape index (κ3) is 6.66. The van der Waals surface area contributed by atoms with Gasteiger partial charge in [-0.05, 0) is 57.6 Å². The van der Waals surface area contributed by atoms with Crippen molar-refractivity contribution in [3.05, 3.63) is 23.8 Å². The van der Waals surface area contributed by atoms with Crippen LogP contribution in [-0.4, -0.2) is 84.5 Å². The van der Waals surface area contributed by atoms with Crippen LogP contribution in [0.3, 0.4) is 0 Å². The minimum atomic E-state index is -3.78. The third-order valence-corrected chi connectivity index (χ3v) is 7.04. The number of nitrogens with one attached hydrogen (secondary N) is 2. The van der Waals surface area contributed by atoms with Gasteiger partial charge < -0.3 is 19.9 Å². The van der Waals surface area contributed by atoms with E-state index in [-0.39, 0.29) is 39.4 Å². The molecule has 1 saturated heterocycles. The minimum Gasteiger partial charge on any atom is -0.495 e. The van der Waals surface area contributed by atoms with Crippen molar-refractivity contribution >= 4 is 21.8 Å². The van der Waals surface area contributed by atoms with Gasteiger partial charge in [0.1, 0.15) is 10.6 Å². The molecule has 1 aliphatic heterocycles. The van der Waals surface area contributed by atoms with E-state index in [0.717, 1.165) is 6.54 Å². The number of ether oxygens (including phenoxy) is 1. The molecular formula is C22H36N4O5S. The van der Waals surface area contributed by atoms with Gasteiger partial charge in [-0.1, -0.05) is 13.8 Å². The van der Waals surface area contributed by atoms with Gasteiger partial charge in [0, 0.05) is 37.7 Å². The van der Waals surface area contributed by atoms with Crippen molar-refractivity contribution in [2.45, 2.75) is 31.6 Å². The molecule has 1 heterocycles. The van der Waals surface area contributed by atoms with Crippen LogP contribution in [0, 0.1) is 11.3 Å². The minimum absolute atomic E-state index is 0.0239. The summed E-state index contributed by atoms with van der Waals surface area (Å²) in [7, 11) is 2.93. The zero-order valence-corrected chi connectivity index (χ0v) is 20.7. The Bertz CT molecular complexity index is 922. The van der Waals surface area contributed by atoms with Crippen LogP contribution < -0.4 is 14.8 Å². The predicted molar refractivity (Wildman–Crippen MR) is 123 cm³/mol. The molecule has 1 aliphatic rings. The molecule has 0 bridgehead atoms. The SMILES string of the molecule is CNS(=O)(=O)c1cc(C(=O)N2CCC(C(=O)NCC(C)(C)CN(C)C)CC2)ccc1OC. The third-order valence-electron chi connectivity index (χ3n) is 5.61. The van der Waals surface area contributed by atoms with Crippen molar-refractivity contribution in [3.63, 3.8) is 0 Å². The number of nitrogens with zero attached hydrogens (tertiary/aromatic N) is 2. The summed E-state index contributed by atoms with van der Waals surface area (Å²) in [4.78, 5) is 29.3. The lowest BCUT2D eigenvalue weighted by molar-refractivity contribution is -0.126. The van der Waals surface area contributed by atoms with Crippen molar-refractivity contribution in [3.8, 4) is 5.75 Å². The number of hydrogen-bond donors (Lipinski definition) is 2. The molecule has 9 nitrogen and oxygen atoms in total. The van der Waals surface area contributed by atoms with Gasteiger partial charge in [-0.25, -0.2) is 13.1 Å². The number of methoxy groups -OCH3 is 1. The number of carbonyl (C=O) groups excluding carboxylic acids is 2. The summed E-state index contributed by atoms with van der Waals surface area (Å²) < 4.78 is 31.9. The van der Waals surface area contributed by atoms with Gasteiger partial charge in [0.25, 0.3) is 5.91 Å². The highest BCUT2D eigenvalue weighted by Crippen LogP contribution is 2.26. The van der Waals surface area contributed by atoms with Gasteiger partial charge in [0.15, 0.2) is 0 Å². The largest absolute Gasteiger partial charge is 0.495 e. The molecule has 0 radical (unpaired) electrons. The molecule has 0 saturated carbocycles. The molecule has 0 atom stereocenters. The molecule has 1 aromatic carbocycles. The maximum absolute atomic E-state index is 13.0. The lowest BCUT2D eigenvalue weighted by atomic mass is 9.91. The Labute approximate surface area is 191 Å². The smallest absolute Gasteiger partial charge is 0.253 e. The fraction of sp³-hybridized carbons (Fsp3) is 0.636. The van der Waals surface area contributed by atoms with Crippen molar-refractivity contribution in [2.75, 3.05) is 54.4 Å². The molecule has 0 aliphatic carbocycles. The monoisotopic (exact) mass is 468 g/mol. The average Bonchev–Trinajstić information content (AvgIpc) is 2.75. The van der Waals surface area contributed by atoms with E-state index in [4.69, 9.17) is 4.74 Å². The molecule has 0 spiro atoms. The number of piperidine rings is 1. The number of sulfonamides is 1.